The van der Waals surface area contributed by atoms with E-state index in [1.807, 2.05) is 13.8 Å². The molecule has 0 bridgehead atoms. The van der Waals surface area contributed by atoms with Crippen LogP contribution in [-0.2, 0) is 24.3 Å². The summed E-state index contributed by atoms with van der Waals surface area (Å²) in [5.41, 5.74) is 1.16. The van der Waals surface area contributed by atoms with Crippen molar-refractivity contribution in [3.8, 4) is 0 Å². The molecule has 122 valence electrons. The summed E-state index contributed by atoms with van der Waals surface area (Å²) in [6, 6.07) is 9.58. The third-order valence-electron chi connectivity index (χ3n) is 4.35. The van der Waals surface area contributed by atoms with E-state index in [0.717, 1.165) is 0 Å². The van der Waals surface area contributed by atoms with Crippen LogP contribution < -0.4 is 0 Å². The molecule has 0 amide bonds. The van der Waals surface area contributed by atoms with E-state index in [0.29, 0.717) is 16.7 Å². The molecule has 0 spiro atoms. The largest absolute Gasteiger partial charge is 0.261 e. The zero-order valence-corrected chi connectivity index (χ0v) is 15.2. The Labute approximate surface area is 140 Å². The molecule has 1 aliphatic rings. The van der Waals surface area contributed by atoms with Gasteiger partial charge in [-0.15, -0.1) is 0 Å². The third-order valence-corrected chi connectivity index (χ3v) is 7.67. The first-order valence-corrected chi connectivity index (χ1v) is 10.7. The quantitative estimate of drug-likeness (QED) is 0.721. The van der Waals surface area contributed by atoms with Crippen LogP contribution in [-0.4, -0.2) is 16.8 Å². The van der Waals surface area contributed by atoms with Crippen LogP contribution in [0.2, 0.25) is 0 Å². The van der Waals surface area contributed by atoms with E-state index in [9.17, 15) is 16.8 Å². The molecular formula is C16H15ClO4S2. The van der Waals surface area contributed by atoms with Crippen LogP contribution in [0.5, 0.6) is 0 Å². The van der Waals surface area contributed by atoms with Gasteiger partial charge in [0.1, 0.15) is 0 Å². The lowest BCUT2D eigenvalue weighted by atomic mass is 9.77. The fraction of sp³-hybridized carbons (Fsp3) is 0.250. The van der Waals surface area contributed by atoms with Gasteiger partial charge in [0.25, 0.3) is 9.05 Å². The lowest BCUT2D eigenvalue weighted by Crippen LogP contribution is -2.30. The molecule has 1 heterocycles. The van der Waals surface area contributed by atoms with Gasteiger partial charge in [0, 0.05) is 16.1 Å². The fourth-order valence-electron chi connectivity index (χ4n) is 3.12. The standard InChI is InChI=1S/C16H15ClO4S2/c1-10-8-12-15(9-14(10)23(17,20)21)22(18,19)13-7-5-4-6-11(13)16(12,2)3/h4-9H,1-3H3. The minimum absolute atomic E-state index is 0.00558. The number of hydrogen-bond donors (Lipinski definition) is 0. The van der Waals surface area contributed by atoms with Crippen LogP contribution >= 0.6 is 10.7 Å². The van der Waals surface area contributed by atoms with Gasteiger partial charge in [-0.1, -0.05) is 38.1 Å². The highest BCUT2D eigenvalue weighted by atomic mass is 35.7. The van der Waals surface area contributed by atoms with Gasteiger partial charge in [-0.25, -0.2) is 16.8 Å². The van der Waals surface area contributed by atoms with E-state index in [-0.39, 0.29) is 14.7 Å². The first kappa shape index (κ1) is 16.5. The zero-order valence-electron chi connectivity index (χ0n) is 12.8. The second-order valence-electron chi connectivity index (χ2n) is 6.18. The van der Waals surface area contributed by atoms with Crippen molar-refractivity contribution in [3.63, 3.8) is 0 Å². The lowest BCUT2D eigenvalue weighted by molar-refractivity contribution is 0.553. The van der Waals surface area contributed by atoms with Crippen molar-refractivity contribution in [3.05, 3.63) is 53.1 Å². The van der Waals surface area contributed by atoms with Gasteiger partial charge >= 0.3 is 0 Å². The average molecular weight is 371 g/mol. The minimum Gasteiger partial charge on any atom is -0.218 e. The normalized spacial score (nSPS) is 18.1. The van der Waals surface area contributed by atoms with Crippen molar-refractivity contribution in [2.75, 3.05) is 0 Å². The van der Waals surface area contributed by atoms with Gasteiger partial charge in [0.05, 0.1) is 14.7 Å². The van der Waals surface area contributed by atoms with E-state index >= 15 is 0 Å². The van der Waals surface area contributed by atoms with E-state index in [1.165, 1.54) is 6.07 Å². The van der Waals surface area contributed by atoms with Gasteiger partial charge in [-0.05, 0) is 35.7 Å². The van der Waals surface area contributed by atoms with Crippen LogP contribution in [0.4, 0.5) is 0 Å². The minimum atomic E-state index is -4.02. The van der Waals surface area contributed by atoms with Crippen LogP contribution in [0.25, 0.3) is 0 Å². The van der Waals surface area contributed by atoms with Crippen molar-refractivity contribution in [1.29, 1.82) is 0 Å². The fourth-order valence-corrected chi connectivity index (χ4v) is 6.38. The SMILES string of the molecule is Cc1cc2c(cc1S(=O)(=O)Cl)S(=O)(=O)c1ccccc1C2(C)C. The molecule has 0 saturated heterocycles. The van der Waals surface area contributed by atoms with Crippen molar-refractivity contribution in [2.45, 2.75) is 40.9 Å². The summed E-state index contributed by atoms with van der Waals surface area (Å²) in [5, 5.41) is 0. The summed E-state index contributed by atoms with van der Waals surface area (Å²) >= 11 is 0. The number of aryl methyl sites for hydroxylation is 1. The average Bonchev–Trinajstić information content (AvgIpc) is 2.44. The van der Waals surface area contributed by atoms with Crippen molar-refractivity contribution < 1.29 is 16.8 Å². The number of fused-ring (bicyclic) bond motifs is 2. The molecule has 7 heteroatoms. The van der Waals surface area contributed by atoms with Crippen LogP contribution in [0, 0.1) is 6.92 Å². The molecule has 0 N–H and O–H groups in total. The molecule has 0 aliphatic carbocycles. The molecule has 3 rings (SSSR count). The first-order chi connectivity index (χ1) is 10.5. The Hall–Kier alpha value is -1.37. The van der Waals surface area contributed by atoms with Crippen LogP contribution in [0.3, 0.4) is 0 Å². The Morgan fingerprint density at radius 2 is 1.61 bits per heavy atom. The van der Waals surface area contributed by atoms with Gasteiger partial charge in [-0.3, -0.25) is 0 Å². The molecule has 2 aromatic carbocycles. The molecule has 0 unspecified atom stereocenters. The van der Waals surface area contributed by atoms with Crippen molar-refractivity contribution >= 4 is 29.6 Å². The number of benzene rings is 2. The second kappa shape index (κ2) is 4.82. The number of hydrogen-bond acceptors (Lipinski definition) is 4. The molecular weight excluding hydrogens is 356 g/mol. The van der Waals surface area contributed by atoms with Gasteiger partial charge < -0.3 is 0 Å². The van der Waals surface area contributed by atoms with E-state index < -0.39 is 24.3 Å². The molecule has 23 heavy (non-hydrogen) atoms. The number of sulfone groups is 1. The molecule has 0 fully saturated rings. The Morgan fingerprint density at radius 1 is 1.00 bits per heavy atom. The maximum atomic E-state index is 12.9. The maximum Gasteiger partial charge on any atom is 0.261 e. The smallest absolute Gasteiger partial charge is 0.218 e. The van der Waals surface area contributed by atoms with Gasteiger partial charge in [-0.2, -0.15) is 0 Å². The Morgan fingerprint density at radius 3 is 2.22 bits per heavy atom. The number of rotatable bonds is 1. The summed E-state index contributed by atoms with van der Waals surface area (Å²) < 4.78 is 49.3. The predicted octanol–water partition coefficient (Wildman–Crippen LogP) is 3.39. The predicted molar refractivity (Wildman–Crippen MR) is 88.2 cm³/mol. The van der Waals surface area contributed by atoms with E-state index in [4.69, 9.17) is 10.7 Å². The Balaban J connectivity index is 2.49. The highest BCUT2D eigenvalue weighted by molar-refractivity contribution is 8.13. The van der Waals surface area contributed by atoms with Crippen LogP contribution in [0.1, 0.15) is 30.5 Å². The first-order valence-electron chi connectivity index (χ1n) is 6.92. The molecule has 0 radical (unpaired) electrons. The monoisotopic (exact) mass is 370 g/mol. The summed E-state index contributed by atoms with van der Waals surface area (Å²) in [4.78, 5) is 0.0435. The van der Waals surface area contributed by atoms with E-state index in [1.54, 1.807) is 37.3 Å². The summed E-state index contributed by atoms with van der Waals surface area (Å²) in [5.74, 6) is 0. The summed E-state index contributed by atoms with van der Waals surface area (Å²) in [6.07, 6.45) is 0. The topological polar surface area (TPSA) is 68.3 Å². The molecule has 1 aliphatic heterocycles. The zero-order chi connectivity index (χ0) is 17.2. The van der Waals surface area contributed by atoms with Gasteiger partial charge in [0.2, 0.25) is 9.84 Å². The molecule has 4 nitrogen and oxygen atoms in total. The van der Waals surface area contributed by atoms with Gasteiger partial charge in [0.15, 0.2) is 0 Å². The molecule has 0 saturated carbocycles. The van der Waals surface area contributed by atoms with E-state index in [2.05, 4.69) is 0 Å². The molecule has 2 aromatic rings. The van der Waals surface area contributed by atoms with Crippen LogP contribution in [0.15, 0.2) is 51.1 Å². The van der Waals surface area contributed by atoms with Crippen molar-refractivity contribution in [2.24, 2.45) is 0 Å². The summed E-state index contributed by atoms with van der Waals surface area (Å²) in [7, 11) is -2.37. The maximum absolute atomic E-state index is 12.9. The van der Waals surface area contributed by atoms with Crippen molar-refractivity contribution in [1.82, 2.24) is 0 Å². The highest BCUT2D eigenvalue weighted by Crippen LogP contribution is 2.46. The Kier molecular flexibility index (Phi) is 3.45. The highest BCUT2D eigenvalue weighted by Gasteiger charge is 2.41. The molecule has 0 aromatic heterocycles. The summed E-state index contributed by atoms with van der Waals surface area (Å²) in [6.45, 7) is 5.46. The number of halogens is 1. The lowest BCUT2D eigenvalue weighted by Gasteiger charge is -2.35. The second-order valence-corrected chi connectivity index (χ2v) is 10.6. The molecule has 0 atom stereocenters. The third kappa shape index (κ3) is 2.31. The Bertz CT molecular complexity index is 1040.